The molecule has 1 N–H and O–H groups in total. The summed E-state index contributed by atoms with van der Waals surface area (Å²) in [5.41, 5.74) is 5.19. The van der Waals surface area contributed by atoms with Crippen molar-refractivity contribution < 1.29 is 13.9 Å². The number of benzene rings is 2. The summed E-state index contributed by atoms with van der Waals surface area (Å²) in [5.74, 6) is 1.78. The van der Waals surface area contributed by atoms with E-state index in [9.17, 15) is 4.39 Å². The van der Waals surface area contributed by atoms with Crippen LogP contribution in [-0.2, 0) is 12.8 Å². The van der Waals surface area contributed by atoms with Gasteiger partial charge in [0, 0.05) is 22.5 Å². The summed E-state index contributed by atoms with van der Waals surface area (Å²) < 4.78 is 25.5. The molecule has 3 nitrogen and oxygen atoms in total. The molecule has 0 radical (unpaired) electrons. The van der Waals surface area contributed by atoms with Crippen LogP contribution in [0.5, 0.6) is 11.5 Å². The predicted molar refractivity (Wildman–Crippen MR) is 102 cm³/mol. The number of hydrogen-bond acceptors (Lipinski definition) is 2. The molecule has 0 aliphatic heterocycles. The lowest BCUT2D eigenvalue weighted by Crippen LogP contribution is -2.12. The molecule has 1 aromatic heterocycles. The maximum atomic E-state index is 14.7. The number of rotatable bonds is 4. The number of fused-ring (bicyclic) bond motifs is 3. The van der Waals surface area contributed by atoms with E-state index in [1.807, 2.05) is 31.2 Å². The lowest BCUT2D eigenvalue weighted by molar-refractivity contribution is 0.354. The van der Waals surface area contributed by atoms with Gasteiger partial charge in [-0.25, -0.2) is 4.39 Å². The third-order valence-electron chi connectivity index (χ3n) is 5.55. The number of methoxy groups -OCH3 is 2. The van der Waals surface area contributed by atoms with Gasteiger partial charge in [0.1, 0.15) is 5.82 Å². The number of nitrogens with one attached hydrogen (secondary N) is 1. The smallest absolute Gasteiger partial charge is 0.160 e. The quantitative estimate of drug-likeness (QED) is 0.691. The second kappa shape index (κ2) is 6.67. The Morgan fingerprint density at radius 1 is 1.12 bits per heavy atom. The molecule has 1 aliphatic rings. The largest absolute Gasteiger partial charge is 0.493 e. The molecule has 0 saturated carbocycles. The van der Waals surface area contributed by atoms with Crippen LogP contribution < -0.4 is 9.47 Å². The molecule has 1 unspecified atom stereocenters. The molecule has 3 aromatic rings. The van der Waals surface area contributed by atoms with Crippen molar-refractivity contribution in [3.8, 4) is 11.5 Å². The summed E-state index contributed by atoms with van der Waals surface area (Å²) in [6.45, 7) is 1.83. The Kier molecular flexibility index (Phi) is 4.35. The Morgan fingerprint density at radius 2 is 1.92 bits per heavy atom. The van der Waals surface area contributed by atoms with Crippen LogP contribution in [0.4, 0.5) is 4.39 Å². The molecule has 4 heteroatoms. The van der Waals surface area contributed by atoms with Crippen molar-refractivity contribution in [2.24, 2.45) is 0 Å². The third-order valence-corrected chi connectivity index (χ3v) is 5.55. The summed E-state index contributed by atoms with van der Waals surface area (Å²) in [6.07, 6.45) is 4.04. The van der Waals surface area contributed by atoms with Crippen LogP contribution in [0.15, 0.2) is 30.3 Å². The summed E-state index contributed by atoms with van der Waals surface area (Å²) in [5, 5.41) is 0.789. The number of aryl methyl sites for hydroxylation is 2. The molecule has 0 saturated heterocycles. The van der Waals surface area contributed by atoms with E-state index < -0.39 is 0 Å². The number of aromatic amines is 1. The summed E-state index contributed by atoms with van der Waals surface area (Å²) in [7, 11) is 3.30. The van der Waals surface area contributed by atoms with Gasteiger partial charge in [0.25, 0.3) is 0 Å². The molecule has 4 rings (SSSR count). The molecular weight excluding hydrogens is 329 g/mol. The van der Waals surface area contributed by atoms with Crippen LogP contribution in [0.2, 0.25) is 0 Å². The highest BCUT2D eigenvalue weighted by Crippen LogP contribution is 2.40. The standard InChI is InChI=1S/C22H24FNO2/c1-13-7-9-17-20(21(13)23)16-6-4-5-15(22(16)24-17)11-14-8-10-18(25-2)19(12-14)26-3/h7-10,12,15,24H,4-6,11H2,1-3H3. The van der Waals surface area contributed by atoms with Crippen LogP contribution in [-0.4, -0.2) is 19.2 Å². The molecule has 1 aliphatic carbocycles. The molecule has 1 atom stereocenters. The van der Waals surface area contributed by atoms with E-state index >= 15 is 0 Å². The highest BCUT2D eigenvalue weighted by Gasteiger charge is 2.26. The van der Waals surface area contributed by atoms with Gasteiger partial charge in [-0.1, -0.05) is 12.1 Å². The number of halogens is 1. The first-order chi connectivity index (χ1) is 12.6. The fraction of sp³-hybridized carbons (Fsp3) is 0.364. The Bertz CT molecular complexity index is 960. The Balaban J connectivity index is 1.72. The average Bonchev–Trinajstić information content (AvgIpc) is 3.05. The topological polar surface area (TPSA) is 34.2 Å². The van der Waals surface area contributed by atoms with Gasteiger partial charge in [0.2, 0.25) is 0 Å². The van der Waals surface area contributed by atoms with Gasteiger partial charge in [-0.15, -0.1) is 0 Å². The van der Waals surface area contributed by atoms with Crippen LogP contribution in [0.25, 0.3) is 10.9 Å². The molecule has 2 aromatic carbocycles. The third kappa shape index (κ3) is 2.74. The average molecular weight is 353 g/mol. The maximum Gasteiger partial charge on any atom is 0.160 e. The molecule has 0 bridgehead atoms. The Labute approximate surface area is 153 Å². The van der Waals surface area contributed by atoms with Crippen molar-refractivity contribution in [2.75, 3.05) is 14.2 Å². The van der Waals surface area contributed by atoms with Gasteiger partial charge in [0.15, 0.2) is 11.5 Å². The zero-order valence-corrected chi connectivity index (χ0v) is 15.5. The second-order valence-corrected chi connectivity index (χ2v) is 7.12. The van der Waals surface area contributed by atoms with Gasteiger partial charge < -0.3 is 14.5 Å². The van der Waals surface area contributed by atoms with Crippen molar-refractivity contribution >= 4 is 10.9 Å². The van der Waals surface area contributed by atoms with E-state index in [1.54, 1.807) is 14.2 Å². The monoisotopic (exact) mass is 353 g/mol. The van der Waals surface area contributed by atoms with Crippen molar-refractivity contribution in [2.45, 2.75) is 38.5 Å². The molecular formula is C22H24FNO2. The Hall–Kier alpha value is -2.49. The molecule has 0 fully saturated rings. The number of ether oxygens (including phenoxy) is 2. The van der Waals surface area contributed by atoms with Crippen molar-refractivity contribution in [3.05, 3.63) is 58.5 Å². The lowest BCUT2D eigenvalue weighted by atomic mass is 9.83. The first kappa shape index (κ1) is 17.0. The van der Waals surface area contributed by atoms with Crippen LogP contribution in [0, 0.1) is 12.7 Å². The first-order valence-corrected chi connectivity index (χ1v) is 9.12. The highest BCUT2D eigenvalue weighted by atomic mass is 19.1. The molecule has 1 heterocycles. The van der Waals surface area contributed by atoms with Gasteiger partial charge in [-0.3, -0.25) is 0 Å². The fourth-order valence-corrected chi connectivity index (χ4v) is 4.21. The zero-order valence-electron chi connectivity index (χ0n) is 15.5. The van der Waals surface area contributed by atoms with E-state index in [-0.39, 0.29) is 5.82 Å². The SMILES string of the molecule is COc1ccc(CC2CCCc3c2[nH]c2ccc(C)c(F)c32)cc1OC. The van der Waals surface area contributed by atoms with Crippen molar-refractivity contribution in [1.29, 1.82) is 0 Å². The summed E-state index contributed by atoms with van der Waals surface area (Å²) >= 11 is 0. The number of H-pyrrole nitrogens is 1. The van der Waals surface area contributed by atoms with Gasteiger partial charge >= 0.3 is 0 Å². The van der Waals surface area contributed by atoms with E-state index in [1.165, 1.54) is 11.3 Å². The van der Waals surface area contributed by atoms with Crippen LogP contribution in [0.1, 0.15) is 41.1 Å². The molecule has 0 amide bonds. The van der Waals surface area contributed by atoms with E-state index in [2.05, 4.69) is 11.1 Å². The van der Waals surface area contributed by atoms with Crippen LogP contribution >= 0.6 is 0 Å². The molecule has 0 spiro atoms. The van der Waals surface area contributed by atoms with E-state index in [0.717, 1.165) is 53.6 Å². The number of hydrogen-bond donors (Lipinski definition) is 1. The molecule has 26 heavy (non-hydrogen) atoms. The lowest BCUT2D eigenvalue weighted by Gasteiger charge is -2.23. The minimum absolute atomic E-state index is 0.0771. The molecule has 136 valence electrons. The summed E-state index contributed by atoms with van der Waals surface area (Å²) in [4.78, 5) is 3.51. The highest BCUT2D eigenvalue weighted by molar-refractivity contribution is 5.86. The van der Waals surface area contributed by atoms with Crippen molar-refractivity contribution in [3.63, 3.8) is 0 Å². The minimum atomic E-state index is -0.0771. The van der Waals surface area contributed by atoms with Crippen LogP contribution in [0.3, 0.4) is 0 Å². The first-order valence-electron chi connectivity index (χ1n) is 9.12. The van der Waals surface area contributed by atoms with E-state index in [0.29, 0.717) is 11.5 Å². The normalized spacial score (nSPS) is 16.5. The summed E-state index contributed by atoms with van der Waals surface area (Å²) in [6, 6.07) is 9.93. The van der Waals surface area contributed by atoms with Gasteiger partial charge in [0.05, 0.1) is 14.2 Å². The Morgan fingerprint density at radius 3 is 2.69 bits per heavy atom. The predicted octanol–water partition coefficient (Wildman–Crippen LogP) is 5.30. The second-order valence-electron chi connectivity index (χ2n) is 7.12. The zero-order chi connectivity index (χ0) is 18.3. The van der Waals surface area contributed by atoms with E-state index in [4.69, 9.17) is 9.47 Å². The fourth-order valence-electron chi connectivity index (χ4n) is 4.21. The van der Waals surface area contributed by atoms with Gasteiger partial charge in [-0.05, 0) is 67.5 Å². The number of aromatic nitrogens is 1. The van der Waals surface area contributed by atoms with Gasteiger partial charge in [-0.2, -0.15) is 0 Å². The van der Waals surface area contributed by atoms with Crippen molar-refractivity contribution in [1.82, 2.24) is 4.98 Å². The maximum absolute atomic E-state index is 14.7. The minimum Gasteiger partial charge on any atom is -0.493 e.